The van der Waals surface area contributed by atoms with Crippen LogP contribution < -0.4 is 0 Å². The fourth-order valence-corrected chi connectivity index (χ4v) is 3.13. The van der Waals surface area contributed by atoms with Crippen molar-refractivity contribution in [1.82, 2.24) is 19.5 Å². The number of rotatable bonds is 2. The van der Waals surface area contributed by atoms with Crippen molar-refractivity contribution in [2.24, 2.45) is 5.41 Å². The van der Waals surface area contributed by atoms with Crippen LogP contribution in [0.2, 0.25) is 0 Å². The first-order valence-corrected chi connectivity index (χ1v) is 7.66. The lowest BCUT2D eigenvalue weighted by Crippen LogP contribution is -2.48. The quantitative estimate of drug-likeness (QED) is 0.910. The summed E-state index contributed by atoms with van der Waals surface area (Å²) in [4.78, 5) is 30.2. The molecule has 3 rings (SSSR count). The van der Waals surface area contributed by atoms with Crippen molar-refractivity contribution in [3.8, 4) is 0 Å². The number of nitrogens with zero attached hydrogens (tertiary/aromatic N) is 4. The average Bonchev–Trinajstić information content (AvgIpc) is 2.88. The lowest BCUT2D eigenvalue weighted by Gasteiger charge is -2.37. The van der Waals surface area contributed by atoms with Crippen molar-refractivity contribution in [3.63, 3.8) is 0 Å². The van der Waals surface area contributed by atoms with Crippen LogP contribution in [-0.2, 0) is 4.79 Å². The number of amides is 1. The summed E-state index contributed by atoms with van der Waals surface area (Å²) in [6.45, 7) is 6.18. The molecule has 1 N–H and O–H groups in total. The van der Waals surface area contributed by atoms with Crippen LogP contribution in [0.25, 0.3) is 5.65 Å². The van der Waals surface area contributed by atoms with Gasteiger partial charge in [-0.3, -0.25) is 9.59 Å². The van der Waals surface area contributed by atoms with Gasteiger partial charge in [0.2, 0.25) is 0 Å². The highest BCUT2D eigenvalue weighted by Crippen LogP contribution is 2.30. The molecule has 7 heteroatoms. The number of piperidine rings is 1. The van der Waals surface area contributed by atoms with Gasteiger partial charge in [-0.05, 0) is 33.6 Å². The molecule has 1 unspecified atom stereocenters. The summed E-state index contributed by atoms with van der Waals surface area (Å²) in [5.74, 6) is -1.04. The Morgan fingerprint density at radius 1 is 1.35 bits per heavy atom. The van der Waals surface area contributed by atoms with Crippen LogP contribution in [0.5, 0.6) is 0 Å². The molecule has 1 fully saturated rings. The highest BCUT2D eigenvalue weighted by molar-refractivity contribution is 5.95. The minimum Gasteiger partial charge on any atom is -0.481 e. The molecular weight excluding hydrogens is 296 g/mol. The lowest BCUT2D eigenvalue weighted by atomic mass is 9.82. The Morgan fingerprint density at radius 3 is 2.78 bits per heavy atom. The van der Waals surface area contributed by atoms with Crippen LogP contribution in [0.3, 0.4) is 0 Å². The van der Waals surface area contributed by atoms with E-state index in [0.29, 0.717) is 30.6 Å². The van der Waals surface area contributed by atoms with Crippen LogP contribution in [0.15, 0.2) is 12.3 Å². The Balaban J connectivity index is 1.94. The van der Waals surface area contributed by atoms with Crippen molar-refractivity contribution >= 4 is 17.5 Å². The number of hydrogen-bond donors (Lipinski definition) is 1. The molecule has 1 atom stereocenters. The Hall–Kier alpha value is -2.44. The molecule has 1 amide bonds. The van der Waals surface area contributed by atoms with Gasteiger partial charge in [-0.1, -0.05) is 0 Å². The van der Waals surface area contributed by atoms with E-state index in [1.165, 1.54) is 0 Å². The largest absolute Gasteiger partial charge is 0.481 e. The molecule has 1 saturated heterocycles. The van der Waals surface area contributed by atoms with Gasteiger partial charge >= 0.3 is 5.97 Å². The lowest BCUT2D eigenvalue weighted by molar-refractivity contribution is -0.150. The minimum absolute atomic E-state index is 0.183. The van der Waals surface area contributed by atoms with Crippen LogP contribution in [0, 0.1) is 19.3 Å². The number of carboxylic acids is 1. The summed E-state index contributed by atoms with van der Waals surface area (Å²) in [6.07, 6.45) is 2.83. The van der Waals surface area contributed by atoms with Crippen LogP contribution >= 0.6 is 0 Å². The van der Waals surface area contributed by atoms with Gasteiger partial charge in [0.25, 0.3) is 5.91 Å². The topological polar surface area (TPSA) is 87.8 Å². The third-order valence-corrected chi connectivity index (χ3v) is 4.58. The first-order chi connectivity index (χ1) is 10.8. The molecule has 0 bridgehead atoms. The summed E-state index contributed by atoms with van der Waals surface area (Å²) >= 11 is 0. The molecule has 0 aromatic carbocycles. The first-order valence-electron chi connectivity index (χ1n) is 7.66. The molecule has 23 heavy (non-hydrogen) atoms. The molecule has 1 aliphatic heterocycles. The van der Waals surface area contributed by atoms with Crippen molar-refractivity contribution in [2.75, 3.05) is 13.1 Å². The van der Waals surface area contributed by atoms with Gasteiger partial charge in [-0.25, -0.2) is 9.50 Å². The summed E-state index contributed by atoms with van der Waals surface area (Å²) in [5.41, 5.74) is 1.83. The zero-order valence-electron chi connectivity index (χ0n) is 13.5. The molecule has 0 spiro atoms. The van der Waals surface area contributed by atoms with Crippen LogP contribution in [0.4, 0.5) is 0 Å². The highest BCUT2D eigenvalue weighted by Gasteiger charge is 2.39. The van der Waals surface area contributed by atoms with E-state index in [4.69, 9.17) is 0 Å². The summed E-state index contributed by atoms with van der Waals surface area (Å²) < 4.78 is 1.66. The Labute approximate surface area is 133 Å². The van der Waals surface area contributed by atoms with E-state index >= 15 is 0 Å². The number of carboxylic acid groups (broad SMARTS) is 1. The van der Waals surface area contributed by atoms with Crippen LogP contribution in [0.1, 0.15) is 41.5 Å². The second-order valence-electron chi connectivity index (χ2n) is 6.51. The summed E-state index contributed by atoms with van der Waals surface area (Å²) in [7, 11) is 0. The third kappa shape index (κ3) is 2.56. The number of aryl methyl sites for hydroxylation is 2. The number of aromatic nitrogens is 3. The fourth-order valence-electron chi connectivity index (χ4n) is 3.13. The standard InChI is InChI=1S/C16H20N4O3/c1-10-7-13-17-8-12(11(2)20(13)18-10)14(21)19-6-4-5-16(3,9-19)15(22)23/h7-8H,4-6,9H2,1-3H3,(H,22,23). The predicted octanol–water partition coefficient (Wildman–Crippen LogP) is 1.67. The smallest absolute Gasteiger partial charge is 0.311 e. The van der Waals surface area contributed by atoms with Crippen molar-refractivity contribution in [1.29, 1.82) is 0 Å². The maximum atomic E-state index is 12.8. The fraction of sp³-hybridized carbons (Fsp3) is 0.500. The molecule has 2 aromatic rings. The molecule has 0 radical (unpaired) electrons. The van der Waals surface area contributed by atoms with E-state index in [2.05, 4.69) is 10.1 Å². The third-order valence-electron chi connectivity index (χ3n) is 4.58. The molecule has 122 valence electrons. The molecular formula is C16H20N4O3. The van der Waals surface area contributed by atoms with E-state index < -0.39 is 11.4 Å². The van der Waals surface area contributed by atoms with Crippen molar-refractivity contribution < 1.29 is 14.7 Å². The average molecular weight is 316 g/mol. The number of fused-ring (bicyclic) bond motifs is 1. The first kappa shape index (κ1) is 15.5. The Morgan fingerprint density at radius 2 is 2.09 bits per heavy atom. The van der Waals surface area contributed by atoms with Crippen molar-refractivity contribution in [2.45, 2.75) is 33.6 Å². The van der Waals surface area contributed by atoms with Crippen LogP contribution in [-0.4, -0.2) is 49.6 Å². The van der Waals surface area contributed by atoms with E-state index in [0.717, 1.165) is 11.4 Å². The number of hydrogen-bond acceptors (Lipinski definition) is 4. The normalized spacial score (nSPS) is 21.6. The Kier molecular flexibility index (Phi) is 3.58. The number of aliphatic carboxylic acids is 1. The number of carbonyl (C=O) groups is 2. The molecule has 3 heterocycles. The summed E-state index contributed by atoms with van der Waals surface area (Å²) in [6, 6.07) is 1.85. The van der Waals surface area contributed by atoms with Gasteiger partial charge in [0.05, 0.1) is 22.4 Å². The molecule has 7 nitrogen and oxygen atoms in total. The van der Waals surface area contributed by atoms with E-state index in [1.54, 1.807) is 22.5 Å². The maximum absolute atomic E-state index is 12.8. The van der Waals surface area contributed by atoms with E-state index in [1.807, 2.05) is 19.9 Å². The van der Waals surface area contributed by atoms with Gasteiger partial charge in [-0.15, -0.1) is 0 Å². The molecule has 0 saturated carbocycles. The zero-order valence-corrected chi connectivity index (χ0v) is 13.5. The number of carbonyl (C=O) groups excluding carboxylic acids is 1. The molecule has 0 aliphatic carbocycles. The Bertz CT molecular complexity index is 798. The maximum Gasteiger partial charge on any atom is 0.311 e. The van der Waals surface area contributed by atoms with Gasteiger partial charge in [0, 0.05) is 25.4 Å². The predicted molar refractivity (Wildman–Crippen MR) is 83.3 cm³/mol. The van der Waals surface area contributed by atoms with Gasteiger partial charge in [-0.2, -0.15) is 5.10 Å². The molecule has 1 aliphatic rings. The van der Waals surface area contributed by atoms with E-state index in [9.17, 15) is 14.7 Å². The minimum atomic E-state index is -0.887. The van der Waals surface area contributed by atoms with Gasteiger partial charge in [0.15, 0.2) is 5.65 Å². The zero-order chi connectivity index (χ0) is 16.8. The number of likely N-dealkylation sites (tertiary alicyclic amines) is 1. The van der Waals surface area contributed by atoms with E-state index in [-0.39, 0.29) is 12.5 Å². The van der Waals surface area contributed by atoms with Crippen molar-refractivity contribution in [3.05, 3.63) is 29.2 Å². The van der Waals surface area contributed by atoms with Gasteiger partial charge in [0.1, 0.15) is 0 Å². The SMILES string of the molecule is Cc1cc2ncc(C(=O)N3CCCC(C)(C(=O)O)C3)c(C)n2n1. The van der Waals surface area contributed by atoms with Gasteiger partial charge < -0.3 is 10.0 Å². The second kappa shape index (κ2) is 5.33. The molecule has 2 aromatic heterocycles. The summed E-state index contributed by atoms with van der Waals surface area (Å²) in [5, 5.41) is 13.7. The monoisotopic (exact) mass is 316 g/mol. The highest BCUT2D eigenvalue weighted by atomic mass is 16.4. The second-order valence-corrected chi connectivity index (χ2v) is 6.51.